The molecule has 4 rings (SSSR count). The Morgan fingerprint density at radius 2 is 1.90 bits per heavy atom. The normalized spacial score (nSPS) is 15.0. The van der Waals surface area contributed by atoms with E-state index in [2.05, 4.69) is 19.2 Å². The molecule has 156 valence electrons. The van der Waals surface area contributed by atoms with Crippen molar-refractivity contribution in [3.63, 3.8) is 0 Å². The molecule has 2 aromatic carbocycles. The molecule has 2 heterocycles. The van der Waals surface area contributed by atoms with Crippen molar-refractivity contribution in [2.24, 2.45) is 5.92 Å². The van der Waals surface area contributed by atoms with Crippen LogP contribution in [0.4, 0.5) is 5.69 Å². The standard InChI is InChI=1S/C22H21ClN2O4S/c1-13(2)9-10-25-18-8-7-14(23)11-15(18)21(26)20(22(25)27)17-12-30(28,29)19-6-4-3-5-16(19)24-17/h3-8,11-13,24,26H,9-10H2,1-2H3. The van der Waals surface area contributed by atoms with Gasteiger partial charge in [0.2, 0.25) is 9.84 Å². The Kier molecular flexibility index (Phi) is 5.11. The van der Waals surface area contributed by atoms with Gasteiger partial charge < -0.3 is 15.0 Å². The highest BCUT2D eigenvalue weighted by Crippen LogP contribution is 2.37. The van der Waals surface area contributed by atoms with Gasteiger partial charge in [-0.3, -0.25) is 4.79 Å². The van der Waals surface area contributed by atoms with E-state index >= 15 is 0 Å². The van der Waals surface area contributed by atoms with Crippen LogP contribution in [0.3, 0.4) is 0 Å². The molecular weight excluding hydrogens is 424 g/mol. The van der Waals surface area contributed by atoms with E-state index in [1.54, 1.807) is 41.0 Å². The number of hydrogen-bond acceptors (Lipinski definition) is 5. The summed E-state index contributed by atoms with van der Waals surface area (Å²) in [7, 11) is -3.78. The summed E-state index contributed by atoms with van der Waals surface area (Å²) < 4.78 is 27.1. The lowest BCUT2D eigenvalue weighted by atomic mass is 10.1. The third kappa shape index (κ3) is 3.48. The van der Waals surface area contributed by atoms with Crippen molar-refractivity contribution in [2.75, 3.05) is 5.32 Å². The molecule has 0 aliphatic carbocycles. The average Bonchev–Trinajstić information content (AvgIpc) is 2.67. The first-order chi connectivity index (χ1) is 14.2. The molecule has 0 saturated heterocycles. The van der Waals surface area contributed by atoms with Gasteiger partial charge in [0.05, 0.1) is 27.2 Å². The van der Waals surface area contributed by atoms with Crippen LogP contribution in [-0.2, 0) is 16.4 Å². The lowest BCUT2D eigenvalue weighted by Gasteiger charge is -2.22. The molecule has 30 heavy (non-hydrogen) atoms. The smallest absolute Gasteiger partial charge is 0.264 e. The Labute approximate surface area is 179 Å². The van der Waals surface area contributed by atoms with Gasteiger partial charge in [-0.15, -0.1) is 0 Å². The number of benzene rings is 2. The van der Waals surface area contributed by atoms with Crippen LogP contribution in [0.15, 0.2) is 57.6 Å². The molecule has 1 aliphatic rings. The van der Waals surface area contributed by atoms with Crippen molar-refractivity contribution < 1.29 is 13.5 Å². The van der Waals surface area contributed by atoms with Crippen LogP contribution in [0.1, 0.15) is 25.8 Å². The Morgan fingerprint density at radius 3 is 2.63 bits per heavy atom. The Hall–Kier alpha value is -2.77. The second-order valence-corrected chi connectivity index (χ2v) is 9.92. The molecule has 0 bridgehead atoms. The predicted octanol–water partition coefficient (Wildman–Crippen LogP) is 4.60. The van der Waals surface area contributed by atoms with Gasteiger partial charge in [0.15, 0.2) is 0 Å². The lowest BCUT2D eigenvalue weighted by Crippen LogP contribution is -2.27. The number of fused-ring (bicyclic) bond motifs is 2. The van der Waals surface area contributed by atoms with Crippen molar-refractivity contribution in [3.8, 4) is 5.75 Å². The lowest BCUT2D eigenvalue weighted by molar-refractivity contribution is 0.473. The summed E-state index contributed by atoms with van der Waals surface area (Å²) >= 11 is 6.14. The van der Waals surface area contributed by atoms with E-state index in [4.69, 9.17) is 11.6 Å². The summed E-state index contributed by atoms with van der Waals surface area (Å²) in [5.41, 5.74) is 0.388. The van der Waals surface area contributed by atoms with Gasteiger partial charge in [-0.25, -0.2) is 8.42 Å². The van der Waals surface area contributed by atoms with Gasteiger partial charge >= 0.3 is 0 Å². The quantitative estimate of drug-likeness (QED) is 0.613. The van der Waals surface area contributed by atoms with Crippen LogP contribution in [0.2, 0.25) is 5.02 Å². The minimum Gasteiger partial charge on any atom is -0.506 e. The van der Waals surface area contributed by atoms with Crippen molar-refractivity contribution in [1.29, 1.82) is 0 Å². The fourth-order valence-corrected chi connectivity index (χ4v) is 5.08. The van der Waals surface area contributed by atoms with Crippen LogP contribution in [-0.4, -0.2) is 18.1 Å². The van der Waals surface area contributed by atoms with Gasteiger partial charge in [-0.2, -0.15) is 0 Å². The van der Waals surface area contributed by atoms with Gasteiger partial charge in [-0.05, 0) is 42.7 Å². The maximum absolute atomic E-state index is 13.4. The summed E-state index contributed by atoms with van der Waals surface area (Å²) in [5, 5.41) is 15.8. The summed E-state index contributed by atoms with van der Waals surface area (Å²) in [6.45, 7) is 4.54. The number of aryl methyl sites for hydroxylation is 1. The predicted molar refractivity (Wildman–Crippen MR) is 120 cm³/mol. The molecule has 8 heteroatoms. The SMILES string of the molecule is CC(C)CCn1c(=O)c(C2=CS(=O)(=O)c3ccccc3N2)c(O)c2cc(Cl)ccc21. The number of halogens is 1. The zero-order chi connectivity index (χ0) is 21.6. The van der Waals surface area contributed by atoms with E-state index in [0.29, 0.717) is 34.1 Å². The number of aromatic hydroxyl groups is 1. The van der Waals surface area contributed by atoms with E-state index in [1.807, 2.05) is 0 Å². The summed E-state index contributed by atoms with van der Waals surface area (Å²) in [5.74, 6) is 0.0578. The van der Waals surface area contributed by atoms with E-state index in [0.717, 1.165) is 11.8 Å². The first-order valence-corrected chi connectivity index (χ1v) is 11.5. The molecule has 0 spiro atoms. The molecule has 0 amide bonds. The first kappa shape index (κ1) is 20.5. The van der Waals surface area contributed by atoms with Crippen molar-refractivity contribution in [3.05, 3.63) is 68.8 Å². The first-order valence-electron chi connectivity index (χ1n) is 9.57. The van der Waals surface area contributed by atoms with E-state index < -0.39 is 15.4 Å². The Bertz CT molecular complexity index is 1360. The molecular formula is C22H21ClN2O4S. The number of nitrogens with zero attached hydrogens (tertiary/aromatic N) is 1. The number of aromatic nitrogens is 1. The third-order valence-corrected chi connectivity index (χ3v) is 6.89. The highest BCUT2D eigenvalue weighted by Gasteiger charge is 2.28. The zero-order valence-corrected chi connectivity index (χ0v) is 18.1. The number of rotatable bonds is 4. The summed E-state index contributed by atoms with van der Waals surface area (Å²) in [6, 6.07) is 11.4. The van der Waals surface area contributed by atoms with Gasteiger partial charge in [-0.1, -0.05) is 37.6 Å². The highest BCUT2D eigenvalue weighted by atomic mass is 35.5. The second kappa shape index (κ2) is 7.49. The number of anilines is 1. The van der Waals surface area contributed by atoms with Crippen molar-refractivity contribution >= 4 is 43.7 Å². The molecule has 3 aromatic rings. The number of hydrogen-bond donors (Lipinski definition) is 2. The summed E-state index contributed by atoms with van der Waals surface area (Å²) in [6.07, 6.45) is 0.745. The van der Waals surface area contributed by atoms with Crippen molar-refractivity contribution in [1.82, 2.24) is 4.57 Å². The fourth-order valence-electron chi connectivity index (χ4n) is 3.60. The summed E-state index contributed by atoms with van der Waals surface area (Å²) in [4.78, 5) is 13.5. The van der Waals surface area contributed by atoms with Crippen LogP contribution < -0.4 is 10.9 Å². The van der Waals surface area contributed by atoms with Crippen LogP contribution in [0, 0.1) is 5.92 Å². The zero-order valence-electron chi connectivity index (χ0n) is 16.5. The molecule has 0 saturated carbocycles. The maximum Gasteiger partial charge on any atom is 0.264 e. The molecule has 0 fully saturated rings. The number of para-hydroxylation sites is 1. The van der Waals surface area contributed by atoms with Gasteiger partial charge in [0.1, 0.15) is 11.3 Å². The Morgan fingerprint density at radius 1 is 1.17 bits per heavy atom. The highest BCUT2D eigenvalue weighted by molar-refractivity contribution is 7.94. The Balaban J connectivity index is 2.00. The monoisotopic (exact) mass is 444 g/mol. The topological polar surface area (TPSA) is 88.4 Å². The van der Waals surface area contributed by atoms with Crippen LogP contribution in [0.5, 0.6) is 5.75 Å². The minimum absolute atomic E-state index is 0.0383. The third-order valence-electron chi connectivity index (χ3n) is 5.14. The van der Waals surface area contributed by atoms with E-state index in [9.17, 15) is 18.3 Å². The average molecular weight is 445 g/mol. The molecule has 6 nitrogen and oxygen atoms in total. The molecule has 1 aromatic heterocycles. The molecule has 0 atom stereocenters. The van der Waals surface area contributed by atoms with Gasteiger partial charge in [0.25, 0.3) is 5.56 Å². The minimum atomic E-state index is -3.78. The number of nitrogens with one attached hydrogen (secondary N) is 1. The van der Waals surface area contributed by atoms with Crippen LogP contribution in [0.25, 0.3) is 16.6 Å². The fraction of sp³-hybridized carbons (Fsp3) is 0.227. The maximum atomic E-state index is 13.4. The second-order valence-electron chi connectivity index (χ2n) is 7.72. The van der Waals surface area contributed by atoms with E-state index in [1.165, 1.54) is 6.07 Å². The van der Waals surface area contributed by atoms with Crippen molar-refractivity contribution in [2.45, 2.75) is 31.7 Å². The number of sulfone groups is 1. The molecule has 2 N–H and O–H groups in total. The molecule has 0 radical (unpaired) electrons. The molecule has 1 aliphatic heterocycles. The van der Waals surface area contributed by atoms with E-state index in [-0.39, 0.29) is 21.9 Å². The molecule has 0 unspecified atom stereocenters. The van der Waals surface area contributed by atoms with Crippen LogP contribution >= 0.6 is 11.6 Å². The van der Waals surface area contributed by atoms with Gasteiger partial charge in [0, 0.05) is 17.0 Å². The number of pyridine rings is 1. The largest absolute Gasteiger partial charge is 0.506 e.